The van der Waals surface area contributed by atoms with Gasteiger partial charge in [0.25, 0.3) is 12.0 Å². The van der Waals surface area contributed by atoms with Crippen LogP contribution < -0.4 is 5.56 Å². The molecule has 1 aromatic heterocycles. The number of piperidine rings is 1. The summed E-state index contributed by atoms with van der Waals surface area (Å²) >= 11 is 0. The fourth-order valence-corrected chi connectivity index (χ4v) is 5.78. The lowest BCUT2D eigenvalue weighted by atomic mass is 9.76. The van der Waals surface area contributed by atoms with Crippen molar-refractivity contribution >= 4 is 18.3 Å². The first-order valence-corrected chi connectivity index (χ1v) is 12.7. The highest BCUT2D eigenvalue weighted by Gasteiger charge is 2.41. The predicted molar refractivity (Wildman–Crippen MR) is 130 cm³/mol. The Labute approximate surface area is 201 Å². The molecular weight excluding hydrogens is 434 g/mol. The smallest absolute Gasteiger partial charge is 0.290 e. The zero-order valence-electron chi connectivity index (χ0n) is 20.5. The summed E-state index contributed by atoms with van der Waals surface area (Å²) in [5.74, 6) is 1.50. The minimum Gasteiger partial charge on any atom is -0.483 e. The van der Waals surface area contributed by atoms with Crippen molar-refractivity contribution in [3.05, 3.63) is 34.2 Å². The Morgan fingerprint density at radius 1 is 1.18 bits per heavy atom. The van der Waals surface area contributed by atoms with Gasteiger partial charge in [-0.2, -0.15) is 0 Å². The average Bonchev–Trinajstić information content (AvgIpc) is 3.02. The molecule has 4 heterocycles. The van der Waals surface area contributed by atoms with E-state index in [0.29, 0.717) is 37.8 Å². The lowest BCUT2D eigenvalue weighted by Gasteiger charge is -2.47. The number of likely N-dealkylation sites (tertiary alicyclic amines) is 2. The fourth-order valence-electron chi connectivity index (χ4n) is 5.78. The van der Waals surface area contributed by atoms with Crippen LogP contribution >= 0.6 is 0 Å². The minimum atomic E-state index is -0.250. The van der Waals surface area contributed by atoms with E-state index in [1.54, 1.807) is 6.07 Å². The molecule has 0 aliphatic carbocycles. The summed E-state index contributed by atoms with van der Waals surface area (Å²) in [6, 6.07) is 5.78. The Morgan fingerprint density at radius 3 is 2.68 bits per heavy atom. The molecule has 8 heteroatoms. The Morgan fingerprint density at radius 2 is 1.94 bits per heavy atom. The van der Waals surface area contributed by atoms with E-state index in [2.05, 4.69) is 19.9 Å². The topological polar surface area (TPSA) is 99.9 Å². The van der Waals surface area contributed by atoms with E-state index in [1.165, 1.54) is 0 Å². The Bertz CT molecular complexity index is 912. The normalized spacial score (nSPS) is 24.1. The molecule has 3 aliphatic heterocycles. The molecule has 3 aliphatic rings. The van der Waals surface area contributed by atoms with Gasteiger partial charge >= 0.3 is 0 Å². The summed E-state index contributed by atoms with van der Waals surface area (Å²) in [4.78, 5) is 50.4. The number of fused-ring (bicyclic) bond motifs is 4. The lowest BCUT2D eigenvalue weighted by Crippen LogP contribution is -2.51. The molecule has 1 aromatic rings. The van der Waals surface area contributed by atoms with E-state index < -0.39 is 0 Å². The largest absolute Gasteiger partial charge is 0.483 e. The molecule has 8 nitrogen and oxygen atoms in total. The van der Waals surface area contributed by atoms with Crippen LogP contribution in [0.15, 0.2) is 23.0 Å². The lowest BCUT2D eigenvalue weighted by molar-refractivity contribution is -0.136. The highest BCUT2D eigenvalue weighted by molar-refractivity contribution is 5.79. The van der Waals surface area contributed by atoms with Crippen molar-refractivity contribution in [2.45, 2.75) is 77.2 Å². The van der Waals surface area contributed by atoms with Gasteiger partial charge in [-0.1, -0.05) is 26.3 Å². The van der Waals surface area contributed by atoms with Gasteiger partial charge in [0.1, 0.15) is 0 Å². The Kier molecular flexibility index (Phi) is 9.30. The number of carboxylic acid groups (broad SMARTS) is 1. The number of hydrogen-bond acceptors (Lipinski definition) is 4. The molecule has 1 N–H and O–H groups in total. The summed E-state index contributed by atoms with van der Waals surface area (Å²) in [7, 11) is 0. The van der Waals surface area contributed by atoms with Crippen LogP contribution in [-0.4, -0.2) is 63.9 Å². The van der Waals surface area contributed by atoms with Gasteiger partial charge in [0.05, 0.1) is 0 Å². The molecule has 0 spiro atoms. The van der Waals surface area contributed by atoms with Crippen LogP contribution in [0.2, 0.25) is 0 Å². The van der Waals surface area contributed by atoms with Crippen molar-refractivity contribution in [2.75, 3.05) is 26.2 Å². The third-order valence-electron chi connectivity index (χ3n) is 7.46. The molecule has 0 unspecified atom stereocenters. The summed E-state index contributed by atoms with van der Waals surface area (Å²) in [5, 5.41) is 6.89. The molecule has 0 saturated carbocycles. The third kappa shape index (κ3) is 6.27. The molecule has 2 fully saturated rings. The molecule has 2 saturated heterocycles. The Balaban J connectivity index is 0.00000103. The second-order valence-corrected chi connectivity index (χ2v) is 10.2. The molecule has 0 aromatic carbocycles. The second kappa shape index (κ2) is 12.2. The number of aromatic nitrogens is 1. The maximum atomic E-state index is 13.1. The fraction of sp³-hybridized carbons (Fsp3) is 0.692. The van der Waals surface area contributed by atoms with Crippen molar-refractivity contribution in [2.24, 2.45) is 11.8 Å². The molecule has 2 amide bonds. The third-order valence-corrected chi connectivity index (χ3v) is 7.46. The standard InChI is InChI=1S/C25H37N3O3.CH2O2/c1-18(2)10-11-22-20-15-19(21-7-6-9-25(31)28(21)22)16-27(17-20)24(30)12-14-26-13-5-3-4-8-23(26)29;2-1-3/h6-7,9,18-20,22H,3-5,8,10-17H2,1-2H3;1H,(H,2,3)/t19-,20+,22+;/m1./s1. The van der Waals surface area contributed by atoms with Gasteiger partial charge in [-0.05, 0) is 50.0 Å². The summed E-state index contributed by atoms with van der Waals surface area (Å²) in [6.07, 6.45) is 7.25. The van der Waals surface area contributed by atoms with E-state index in [-0.39, 0.29) is 35.8 Å². The van der Waals surface area contributed by atoms with Crippen LogP contribution in [0, 0.1) is 11.8 Å². The first kappa shape index (κ1) is 26.0. The van der Waals surface area contributed by atoms with E-state index in [9.17, 15) is 14.4 Å². The number of hydrogen-bond donors (Lipinski definition) is 1. The van der Waals surface area contributed by atoms with Crippen LogP contribution in [0.4, 0.5) is 0 Å². The zero-order valence-corrected chi connectivity index (χ0v) is 20.5. The highest BCUT2D eigenvalue weighted by Crippen LogP contribution is 2.43. The first-order chi connectivity index (χ1) is 16.3. The van der Waals surface area contributed by atoms with Crippen LogP contribution in [0.25, 0.3) is 0 Å². The molecule has 34 heavy (non-hydrogen) atoms. The maximum absolute atomic E-state index is 13.1. The average molecular weight is 474 g/mol. The number of pyridine rings is 1. The number of amides is 2. The van der Waals surface area contributed by atoms with E-state index in [1.807, 2.05) is 20.4 Å². The maximum Gasteiger partial charge on any atom is 0.290 e. The molecular formula is C26H39N3O5. The van der Waals surface area contributed by atoms with Crippen LogP contribution in [0.5, 0.6) is 0 Å². The van der Waals surface area contributed by atoms with E-state index in [4.69, 9.17) is 9.90 Å². The zero-order chi connectivity index (χ0) is 24.7. The van der Waals surface area contributed by atoms with Crippen LogP contribution in [-0.2, 0) is 14.4 Å². The number of carbonyl (C=O) groups is 3. The van der Waals surface area contributed by atoms with Gasteiger partial charge in [0.2, 0.25) is 11.8 Å². The van der Waals surface area contributed by atoms with Crippen molar-refractivity contribution in [3.8, 4) is 0 Å². The van der Waals surface area contributed by atoms with Crippen molar-refractivity contribution in [1.29, 1.82) is 0 Å². The van der Waals surface area contributed by atoms with Gasteiger partial charge in [0, 0.05) is 62.7 Å². The summed E-state index contributed by atoms with van der Waals surface area (Å²) in [5.41, 5.74) is 1.19. The summed E-state index contributed by atoms with van der Waals surface area (Å²) in [6.45, 7) is 6.93. The quantitative estimate of drug-likeness (QED) is 0.639. The Hall–Kier alpha value is -2.64. The van der Waals surface area contributed by atoms with Crippen molar-refractivity contribution in [3.63, 3.8) is 0 Å². The van der Waals surface area contributed by atoms with E-state index >= 15 is 0 Å². The molecule has 3 atom stereocenters. The van der Waals surface area contributed by atoms with Crippen molar-refractivity contribution < 1.29 is 19.5 Å². The second-order valence-electron chi connectivity index (χ2n) is 10.2. The van der Waals surface area contributed by atoms with Crippen LogP contribution in [0.3, 0.4) is 0 Å². The monoisotopic (exact) mass is 473 g/mol. The summed E-state index contributed by atoms with van der Waals surface area (Å²) < 4.78 is 2.04. The minimum absolute atomic E-state index is 0.0976. The molecule has 4 rings (SSSR count). The number of nitrogens with zero attached hydrogens (tertiary/aromatic N) is 3. The first-order valence-electron chi connectivity index (χ1n) is 12.7. The van der Waals surface area contributed by atoms with Crippen molar-refractivity contribution in [1.82, 2.24) is 14.4 Å². The number of carbonyl (C=O) groups excluding carboxylic acids is 2. The van der Waals surface area contributed by atoms with Gasteiger partial charge < -0.3 is 19.5 Å². The van der Waals surface area contributed by atoms with Gasteiger partial charge in [-0.3, -0.25) is 19.2 Å². The molecule has 188 valence electrons. The van der Waals surface area contributed by atoms with Gasteiger partial charge in [-0.15, -0.1) is 0 Å². The predicted octanol–water partition coefficient (Wildman–Crippen LogP) is 3.26. The molecule has 0 radical (unpaired) electrons. The van der Waals surface area contributed by atoms with Gasteiger partial charge in [-0.25, -0.2) is 0 Å². The SMILES string of the molecule is CC(C)CC[C@H]1[C@H]2C[C@H](CN(C(=O)CCN3CCCCCC3=O)C2)c2cccc(=O)n21.O=CO. The molecule has 2 bridgehead atoms. The number of rotatable bonds is 6. The van der Waals surface area contributed by atoms with Crippen LogP contribution in [0.1, 0.15) is 82.9 Å². The van der Waals surface area contributed by atoms with Gasteiger partial charge in [0.15, 0.2) is 0 Å². The highest BCUT2D eigenvalue weighted by atomic mass is 16.3. The van der Waals surface area contributed by atoms with E-state index in [0.717, 1.165) is 57.3 Å².